The molecule has 0 spiro atoms. The van der Waals surface area contributed by atoms with Crippen LogP contribution in [0, 0.1) is 0 Å². The molecule has 0 saturated heterocycles. The summed E-state index contributed by atoms with van der Waals surface area (Å²) in [4.78, 5) is 20.9. The fraction of sp³-hybridized carbons (Fsp3) is 0.429. The Labute approximate surface area is 65.2 Å². The molecule has 0 fully saturated rings. The summed E-state index contributed by atoms with van der Waals surface area (Å²) in [6.45, 7) is 4.80. The lowest BCUT2D eigenvalue weighted by molar-refractivity contribution is -0.142. The molecule has 0 aliphatic rings. The van der Waals surface area contributed by atoms with Crippen molar-refractivity contribution >= 4 is 11.9 Å². The highest BCUT2D eigenvalue weighted by Crippen LogP contribution is 1.76. The topological polar surface area (TPSA) is 55.4 Å². The first kappa shape index (κ1) is 9.68. The molecule has 0 radical (unpaired) electrons. The van der Waals surface area contributed by atoms with Gasteiger partial charge in [-0.1, -0.05) is 12.7 Å². The average molecular weight is 157 g/mol. The third-order valence-corrected chi connectivity index (χ3v) is 0.844. The number of rotatable bonds is 4. The Balaban J connectivity index is 3.37. The zero-order valence-electron chi connectivity index (χ0n) is 6.42. The van der Waals surface area contributed by atoms with Crippen molar-refractivity contribution < 1.29 is 14.3 Å². The predicted molar refractivity (Wildman–Crippen MR) is 39.8 cm³/mol. The van der Waals surface area contributed by atoms with Gasteiger partial charge in [-0.2, -0.15) is 0 Å². The van der Waals surface area contributed by atoms with Crippen molar-refractivity contribution in [1.82, 2.24) is 5.32 Å². The number of carbonyl (C=O) groups is 2. The van der Waals surface area contributed by atoms with Crippen molar-refractivity contribution in [2.24, 2.45) is 0 Å². The van der Waals surface area contributed by atoms with Crippen LogP contribution in [0.3, 0.4) is 0 Å². The fourth-order valence-corrected chi connectivity index (χ4v) is 0.400. The number of hydrogen-bond donors (Lipinski definition) is 1. The fourth-order valence-electron chi connectivity index (χ4n) is 0.400. The van der Waals surface area contributed by atoms with Crippen molar-refractivity contribution in [1.29, 1.82) is 0 Å². The van der Waals surface area contributed by atoms with Crippen LogP contribution in [0.15, 0.2) is 12.7 Å². The Morgan fingerprint density at radius 2 is 2.27 bits per heavy atom. The molecule has 0 unspecified atom stereocenters. The van der Waals surface area contributed by atoms with E-state index in [1.54, 1.807) is 0 Å². The standard InChI is InChI=1S/C7H11NO3/c1-3-4-11-7(10)5-8-6(2)9/h3H,1,4-5H2,2H3,(H,8,9). The van der Waals surface area contributed by atoms with Crippen LogP contribution >= 0.6 is 0 Å². The predicted octanol–water partition coefficient (Wildman–Crippen LogP) is -0.148. The lowest BCUT2D eigenvalue weighted by Crippen LogP contribution is -2.28. The third-order valence-electron chi connectivity index (χ3n) is 0.844. The van der Waals surface area contributed by atoms with Gasteiger partial charge in [-0.15, -0.1) is 0 Å². The van der Waals surface area contributed by atoms with Crippen molar-refractivity contribution in [2.75, 3.05) is 13.2 Å². The number of esters is 1. The van der Waals surface area contributed by atoms with Gasteiger partial charge in [-0.05, 0) is 0 Å². The summed E-state index contributed by atoms with van der Waals surface area (Å²) in [5.74, 6) is -0.708. The van der Waals surface area contributed by atoms with E-state index in [1.807, 2.05) is 0 Å². The van der Waals surface area contributed by atoms with E-state index in [1.165, 1.54) is 13.0 Å². The Morgan fingerprint density at radius 3 is 2.73 bits per heavy atom. The summed E-state index contributed by atoms with van der Waals surface area (Å²) in [5, 5.41) is 2.31. The van der Waals surface area contributed by atoms with Crippen molar-refractivity contribution in [3.05, 3.63) is 12.7 Å². The monoisotopic (exact) mass is 157 g/mol. The first-order chi connectivity index (χ1) is 5.16. The first-order valence-corrected chi connectivity index (χ1v) is 3.17. The minimum Gasteiger partial charge on any atom is -0.460 e. The molecule has 0 atom stereocenters. The van der Waals surface area contributed by atoms with Gasteiger partial charge in [-0.3, -0.25) is 9.59 Å². The molecule has 4 nitrogen and oxygen atoms in total. The maximum atomic E-state index is 10.6. The van der Waals surface area contributed by atoms with Gasteiger partial charge in [-0.25, -0.2) is 0 Å². The van der Waals surface area contributed by atoms with Crippen LogP contribution in [0.2, 0.25) is 0 Å². The lowest BCUT2D eigenvalue weighted by Gasteiger charge is -2.00. The molecular weight excluding hydrogens is 146 g/mol. The lowest BCUT2D eigenvalue weighted by atomic mass is 10.6. The van der Waals surface area contributed by atoms with Crippen molar-refractivity contribution in [2.45, 2.75) is 6.92 Å². The molecule has 0 aromatic heterocycles. The summed E-state index contributed by atoms with van der Waals surface area (Å²) < 4.78 is 4.57. The van der Waals surface area contributed by atoms with Crippen LogP contribution in [0.4, 0.5) is 0 Å². The number of ether oxygens (including phenoxy) is 1. The zero-order chi connectivity index (χ0) is 8.69. The second-order valence-electron chi connectivity index (χ2n) is 1.88. The molecule has 0 aliphatic heterocycles. The van der Waals surface area contributed by atoms with Gasteiger partial charge in [0.1, 0.15) is 13.2 Å². The molecule has 4 heteroatoms. The molecule has 0 heterocycles. The summed E-state index contributed by atoms with van der Waals surface area (Å²) in [7, 11) is 0. The van der Waals surface area contributed by atoms with E-state index in [0.29, 0.717) is 0 Å². The largest absolute Gasteiger partial charge is 0.460 e. The molecule has 0 aliphatic carbocycles. The van der Waals surface area contributed by atoms with Gasteiger partial charge in [0.05, 0.1) is 0 Å². The second kappa shape index (κ2) is 5.46. The van der Waals surface area contributed by atoms with Gasteiger partial charge in [0.2, 0.25) is 5.91 Å². The molecule has 0 saturated carbocycles. The molecule has 11 heavy (non-hydrogen) atoms. The zero-order valence-corrected chi connectivity index (χ0v) is 6.42. The smallest absolute Gasteiger partial charge is 0.325 e. The number of nitrogens with one attached hydrogen (secondary N) is 1. The normalized spacial score (nSPS) is 8.45. The summed E-state index contributed by atoms with van der Waals surface area (Å²) >= 11 is 0. The molecule has 0 aromatic rings. The van der Waals surface area contributed by atoms with Gasteiger partial charge in [0.25, 0.3) is 0 Å². The molecule has 62 valence electrons. The van der Waals surface area contributed by atoms with E-state index in [-0.39, 0.29) is 19.1 Å². The van der Waals surface area contributed by atoms with Gasteiger partial charge < -0.3 is 10.1 Å². The van der Waals surface area contributed by atoms with E-state index < -0.39 is 5.97 Å². The quantitative estimate of drug-likeness (QED) is 0.456. The Kier molecular flexibility index (Phi) is 4.81. The van der Waals surface area contributed by atoms with Gasteiger partial charge in [0, 0.05) is 6.92 Å². The second-order valence-corrected chi connectivity index (χ2v) is 1.88. The molecule has 0 rings (SSSR count). The molecule has 0 bridgehead atoms. The van der Waals surface area contributed by atoms with E-state index in [4.69, 9.17) is 0 Å². The maximum Gasteiger partial charge on any atom is 0.325 e. The van der Waals surface area contributed by atoms with E-state index >= 15 is 0 Å². The Morgan fingerprint density at radius 1 is 1.64 bits per heavy atom. The Bertz CT molecular complexity index is 165. The first-order valence-electron chi connectivity index (χ1n) is 3.17. The Hall–Kier alpha value is -1.32. The van der Waals surface area contributed by atoms with Crippen LogP contribution in [0.25, 0.3) is 0 Å². The van der Waals surface area contributed by atoms with Gasteiger partial charge >= 0.3 is 5.97 Å². The van der Waals surface area contributed by atoms with Crippen LogP contribution in [-0.4, -0.2) is 25.0 Å². The van der Waals surface area contributed by atoms with Crippen LogP contribution in [-0.2, 0) is 14.3 Å². The van der Waals surface area contributed by atoms with Crippen LogP contribution in [0.1, 0.15) is 6.92 Å². The highest BCUT2D eigenvalue weighted by molar-refractivity contribution is 5.80. The number of amides is 1. The van der Waals surface area contributed by atoms with Gasteiger partial charge in [0.15, 0.2) is 0 Å². The molecule has 0 aromatic carbocycles. The number of hydrogen-bond acceptors (Lipinski definition) is 3. The minimum absolute atomic E-state index is 0.0802. The summed E-state index contributed by atoms with van der Waals surface area (Å²) in [6, 6.07) is 0. The van der Waals surface area contributed by atoms with Crippen LogP contribution in [0.5, 0.6) is 0 Å². The van der Waals surface area contributed by atoms with E-state index in [9.17, 15) is 9.59 Å². The van der Waals surface area contributed by atoms with Crippen molar-refractivity contribution in [3.63, 3.8) is 0 Å². The molecular formula is C7H11NO3. The third kappa shape index (κ3) is 6.57. The van der Waals surface area contributed by atoms with E-state index in [2.05, 4.69) is 16.6 Å². The van der Waals surface area contributed by atoms with Crippen LogP contribution < -0.4 is 5.32 Å². The average Bonchev–Trinajstić information content (AvgIpc) is 1.97. The minimum atomic E-state index is -0.458. The molecule has 1 amide bonds. The van der Waals surface area contributed by atoms with Crippen molar-refractivity contribution in [3.8, 4) is 0 Å². The molecule has 1 N–H and O–H groups in total. The summed E-state index contributed by atoms with van der Waals surface area (Å²) in [5.41, 5.74) is 0. The highest BCUT2D eigenvalue weighted by atomic mass is 16.5. The number of carbonyl (C=O) groups excluding carboxylic acids is 2. The SMILES string of the molecule is C=CCOC(=O)CNC(C)=O. The van der Waals surface area contributed by atoms with E-state index in [0.717, 1.165) is 0 Å². The maximum absolute atomic E-state index is 10.6. The highest BCUT2D eigenvalue weighted by Gasteiger charge is 2.00. The summed E-state index contributed by atoms with van der Waals surface area (Å²) in [6.07, 6.45) is 1.46.